The summed E-state index contributed by atoms with van der Waals surface area (Å²) < 4.78 is 10.1. The first-order chi connectivity index (χ1) is 10.5. The molecule has 0 aromatic heterocycles. The van der Waals surface area contributed by atoms with Gasteiger partial charge in [0.1, 0.15) is 0 Å². The van der Waals surface area contributed by atoms with Gasteiger partial charge in [-0.3, -0.25) is 14.9 Å². The van der Waals surface area contributed by atoms with E-state index >= 15 is 0 Å². The topological polar surface area (TPSA) is 117 Å². The molecule has 2 rings (SSSR count). The van der Waals surface area contributed by atoms with Gasteiger partial charge in [-0.1, -0.05) is 6.07 Å². The monoisotopic (exact) mass is 309 g/mol. The molecule has 1 heterocycles. The normalized spacial score (nSPS) is 16.8. The van der Waals surface area contributed by atoms with E-state index in [1.54, 1.807) is 6.07 Å². The van der Waals surface area contributed by atoms with Crippen molar-refractivity contribution in [2.75, 3.05) is 20.3 Å². The van der Waals surface area contributed by atoms with E-state index in [1.807, 2.05) is 0 Å². The molecule has 1 amide bonds. The van der Waals surface area contributed by atoms with Crippen molar-refractivity contribution in [3.8, 4) is 5.75 Å². The smallest absolute Gasteiger partial charge is 0.311 e. The average molecular weight is 309 g/mol. The molecule has 1 aliphatic rings. The van der Waals surface area contributed by atoms with Crippen LogP contribution in [0.2, 0.25) is 0 Å². The first-order valence-corrected chi connectivity index (χ1v) is 6.92. The van der Waals surface area contributed by atoms with E-state index in [9.17, 15) is 14.9 Å². The molecule has 3 N–H and O–H groups in total. The maximum absolute atomic E-state index is 12.2. The van der Waals surface area contributed by atoms with Crippen LogP contribution in [0.4, 0.5) is 5.69 Å². The standard InChI is InChI=1S/C14H19N3O5/c1-21-12-3-2-10(8-11(12)17(19)20)9-16-13(18)14(15)4-6-22-7-5-14/h2-3,8H,4-7,9,15H2,1H3,(H,16,18). The summed E-state index contributed by atoms with van der Waals surface area (Å²) in [5.41, 5.74) is 5.61. The third-order valence-corrected chi connectivity index (χ3v) is 3.73. The van der Waals surface area contributed by atoms with Gasteiger partial charge in [0.15, 0.2) is 5.75 Å². The van der Waals surface area contributed by atoms with Crippen LogP contribution in [0.15, 0.2) is 18.2 Å². The van der Waals surface area contributed by atoms with E-state index in [4.69, 9.17) is 15.2 Å². The van der Waals surface area contributed by atoms with Crippen molar-refractivity contribution in [1.82, 2.24) is 5.32 Å². The minimum atomic E-state index is -0.934. The van der Waals surface area contributed by atoms with Gasteiger partial charge in [-0.2, -0.15) is 0 Å². The Morgan fingerprint density at radius 1 is 1.50 bits per heavy atom. The molecule has 0 saturated carbocycles. The van der Waals surface area contributed by atoms with Crippen LogP contribution in [0.5, 0.6) is 5.75 Å². The van der Waals surface area contributed by atoms with E-state index in [0.29, 0.717) is 31.6 Å². The fourth-order valence-electron chi connectivity index (χ4n) is 2.31. The molecule has 1 aliphatic heterocycles. The SMILES string of the molecule is COc1ccc(CNC(=O)C2(N)CCOCC2)cc1[N+](=O)[O-]. The highest BCUT2D eigenvalue weighted by molar-refractivity contribution is 5.86. The number of ether oxygens (including phenoxy) is 2. The molecule has 0 bridgehead atoms. The number of rotatable bonds is 5. The molecule has 0 atom stereocenters. The van der Waals surface area contributed by atoms with Crippen molar-refractivity contribution in [3.05, 3.63) is 33.9 Å². The van der Waals surface area contributed by atoms with Gasteiger partial charge in [-0.25, -0.2) is 0 Å². The molecule has 1 saturated heterocycles. The second kappa shape index (κ2) is 6.71. The highest BCUT2D eigenvalue weighted by Gasteiger charge is 2.35. The van der Waals surface area contributed by atoms with Crippen molar-refractivity contribution in [3.63, 3.8) is 0 Å². The second-order valence-electron chi connectivity index (χ2n) is 5.21. The Labute approximate surface area is 127 Å². The Kier molecular flexibility index (Phi) is 4.94. The van der Waals surface area contributed by atoms with E-state index in [2.05, 4.69) is 5.32 Å². The van der Waals surface area contributed by atoms with Gasteiger partial charge in [0, 0.05) is 25.8 Å². The number of carbonyl (C=O) groups is 1. The zero-order valence-electron chi connectivity index (χ0n) is 12.3. The zero-order valence-corrected chi connectivity index (χ0v) is 12.3. The molecule has 22 heavy (non-hydrogen) atoms. The lowest BCUT2D eigenvalue weighted by Crippen LogP contribution is -2.56. The van der Waals surface area contributed by atoms with Crippen LogP contribution in [-0.2, 0) is 16.1 Å². The molecule has 0 unspecified atom stereocenters. The number of benzene rings is 1. The summed E-state index contributed by atoms with van der Waals surface area (Å²) >= 11 is 0. The number of hydrogen-bond donors (Lipinski definition) is 2. The quantitative estimate of drug-likeness (QED) is 0.611. The van der Waals surface area contributed by atoms with E-state index in [-0.39, 0.29) is 23.9 Å². The number of amides is 1. The number of nitro groups is 1. The minimum absolute atomic E-state index is 0.136. The molecular weight excluding hydrogens is 290 g/mol. The maximum atomic E-state index is 12.2. The van der Waals surface area contributed by atoms with Crippen molar-refractivity contribution in [2.24, 2.45) is 5.73 Å². The van der Waals surface area contributed by atoms with Gasteiger partial charge in [0.05, 0.1) is 17.6 Å². The lowest BCUT2D eigenvalue weighted by molar-refractivity contribution is -0.385. The van der Waals surface area contributed by atoms with Crippen molar-refractivity contribution >= 4 is 11.6 Å². The number of nitro benzene ring substituents is 1. The number of nitrogens with one attached hydrogen (secondary N) is 1. The first kappa shape index (κ1) is 16.2. The predicted octanol–water partition coefficient (Wildman–Crippen LogP) is 0.727. The summed E-state index contributed by atoms with van der Waals surface area (Å²) in [7, 11) is 1.37. The number of nitrogens with zero attached hydrogens (tertiary/aromatic N) is 1. The Morgan fingerprint density at radius 3 is 2.77 bits per heavy atom. The number of nitrogens with two attached hydrogens (primary N) is 1. The van der Waals surface area contributed by atoms with Gasteiger partial charge >= 0.3 is 5.69 Å². The minimum Gasteiger partial charge on any atom is -0.490 e. The maximum Gasteiger partial charge on any atom is 0.311 e. The Bertz CT molecular complexity index is 570. The van der Waals surface area contributed by atoms with Crippen LogP contribution in [0.25, 0.3) is 0 Å². The molecule has 0 radical (unpaired) electrons. The molecular formula is C14H19N3O5. The summed E-state index contributed by atoms with van der Waals surface area (Å²) in [5.74, 6) is -0.0888. The molecule has 1 aromatic rings. The molecule has 1 aromatic carbocycles. The van der Waals surface area contributed by atoms with Crippen LogP contribution in [0, 0.1) is 10.1 Å². The second-order valence-corrected chi connectivity index (χ2v) is 5.21. The van der Waals surface area contributed by atoms with Crippen LogP contribution >= 0.6 is 0 Å². The largest absolute Gasteiger partial charge is 0.490 e. The number of carbonyl (C=O) groups excluding carboxylic acids is 1. The van der Waals surface area contributed by atoms with E-state index < -0.39 is 10.5 Å². The van der Waals surface area contributed by atoms with Gasteiger partial charge in [-0.05, 0) is 24.5 Å². The summed E-state index contributed by atoms with van der Waals surface area (Å²) in [6.45, 7) is 1.08. The van der Waals surface area contributed by atoms with Gasteiger partial charge in [-0.15, -0.1) is 0 Å². The van der Waals surface area contributed by atoms with Gasteiger partial charge < -0.3 is 20.5 Å². The Balaban J connectivity index is 2.03. The van der Waals surface area contributed by atoms with Crippen molar-refractivity contribution in [1.29, 1.82) is 0 Å². The average Bonchev–Trinajstić information content (AvgIpc) is 2.52. The fourth-order valence-corrected chi connectivity index (χ4v) is 2.31. The third kappa shape index (κ3) is 3.52. The molecule has 0 aliphatic carbocycles. The molecule has 8 heteroatoms. The van der Waals surface area contributed by atoms with E-state index in [0.717, 1.165) is 0 Å². The lowest BCUT2D eigenvalue weighted by Gasteiger charge is -2.31. The molecule has 120 valence electrons. The van der Waals surface area contributed by atoms with Crippen LogP contribution in [0.1, 0.15) is 18.4 Å². The highest BCUT2D eigenvalue weighted by atomic mass is 16.6. The Hall–Kier alpha value is -2.19. The summed E-state index contributed by atoms with van der Waals surface area (Å²) in [5, 5.41) is 13.7. The molecule has 0 spiro atoms. The number of hydrogen-bond acceptors (Lipinski definition) is 6. The third-order valence-electron chi connectivity index (χ3n) is 3.73. The fraction of sp³-hybridized carbons (Fsp3) is 0.500. The Morgan fingerprint density at radius 2 is 2.18 bits per heavy atom. The van der Waals surface area contributed by atoms with Crippen LogP contribution in [-0.4, -0.2) is 36.7 Å². The molecule has 1 fully saturated rings. The van der Waals surface area contributed by atoms with E-state index in [1.165, 1.54) is 19.2 Å². The summed E-state index contributed by atoms with van der Waals surface area (Å²) in [4.78, 5) is 22.6. The van der Waals surface area contributed by atoms with Crippen molar-refractivity contribution < 1.29 is 19.2 Å². The van der Waals surface area contributed by atoms with Crippen LogP contribution < -0.4 is 15.8 Å². The summed E-state index contributed by atoms with van der Waals surface area (Å²) in [6.07, 6.45) is 0.920. The first-order valence-electron chi connectivity index (χ1n) is 6.92. The number of methoxy groups -OCH3 is 1. The lowest BCUT2D eigenvalue weighted by atomic mass is 9.90. The van der Waals surface area contributed by atoms with Crippen molar-refractivity contribution in [2.45, 2.75) is 24.9 Å². The van der Waals surface area contributed by atoms with Gasteiger partial charge in [0.2, 0.25) is 5.91 Å². The zero-order chi connectivity index (χ0) is 16.2. The van der Waals surface area contributed by atoms with Gasteiger partial charge in [0.25, 0.3) is 0 Å². The highest BCUT2D eigenvalue weighted by Crippen LogP contribution is 2.27. The molecule has 8 nitrogen and oxygen atoms in total. The predicted molar refractivity (Wildman–Crippen MR) is 78.5 cm³/mol. The summed E-state index contributed by atoms with van der Waals surface area (Å²) in [6, 6.07) is 4.55. The van der Waals surface area contributed by atoms with Crippen LogP contribution in [0.3, 0.4) is 0 Å².